The second-order valence-electron chi connectivity index (χ2n) is 5.36. The van der Waals surface area contributed by atoms with Gasteiger partial charge in [0.25, 0.3) is 5.91 Å². The molecule has 7 nitrogen and oxygen atoms in total. The maximum atomic E-state index is 12.5. The smallest absolute Gasteiger partial charge is 0.340 e. The Hall–Kier alpha value is -2.87. The van der Waals surface area contributed by atoms with Crippen LogP contribution in [0.1, 0.15) is 27.6 Å². The number of carbonyl (C=O) groups is 2. The van der Waals surface area contributed by atoms with Gasteiger partial charge in [-0.25, -0.2) is 13.2 Å². The van der Waals surface area contributed by atoms with Crippen LogP contribution in [-0.2, 0) is 14.6 Å². The molecule has 1 amide bonds. The molecule has 2 aromatic carbocycles. The van der Waals surface area contributed by atoms with Crippen LogP contribution in [0.5, 0.6) is 5.75 Å². The Morgan fingerprint density at radius 1 is 1.12 bits per heavy atom. The third-order valence-corrected chi connectivity index (χ3v) is 4.61. The summed E-state index contributed by atoms with van der Waals surface area (Å²) in [5.41, 5.74) is 0.595. The van der Waals surface area contributed by atoms with E-state index in [9.17, 15) is 18.0 Å². The SMILES string of the molecule is CCOC(=O)c1ccccc1NC(=O)c1ccc(OC)c(S(C)(=O)=O)c1. The summed E-state index contributed by atoms with van der Waals surface area (Å²) in [6, 6.07) is 10.5. The molecule has 0 aliphatic heterocycles. The number of rotatable bonds is 6. The molecule has 26 heavy (non-hydrogen) atoms. The number of anilines is 1. The molecule has 1 N–H and O–H groups in total. The van der Waals surface area contributed by atoms with Gasteiger partial charge in [-0.15, -0.1) is 0 Å². The van der Waals surface area contributed by atoms with Gasteiger partial charge < -0.3 is 14.8 Å². The zero-order chi connectivity index (χ0) is 19.3. The highest BCUT2D eigenvalue weighted by Gasteiger charge is 2.19. The molecule has 0 spiro atoms. The summed E-state index contributed by atoms with van der Waals surface area (Å²) in [6.45, 7) is 1.89. The lowest BCUT2D eigenvalue weighted by Crippen LogP contribution is -2.16. The molecular formula is C18H19NO6S. The van der Waals surface area contributed by atoms with Gasteiger partial charge in [0.1, 0.15) is 10.6 Å². The van der Waals surface area contributed by atoms with Gasteiger partial charge >= 0.3 is 5.97 Å². The molecule has 2 rings (SSSR count). The fraction of sp³-hybridized carbons (Fsp3) is 0.222. The van der Waals surface area contributed by atoms with E-state index in [-0.39, 0.29) is 34.1 Å². The van der Waals surface area contributed by atoms with Crippen LogP contribution in [0.15, 0.2) is 47.4 Å². The number of methoxy groups -OCH3 is 1. The first-order valence-corrected chi connectivity index (χ1v) is 9.62. The summed E-state index contributed by atoms with van der Waals surface area (Å²) in [7, 11) is -2.24. The molecule has 2 aromatic rings. The average Bonchev–Trinajstić information content (AvgIpc) is 2.61. The van der Waals surface area contributed by atoms with Gasteiger partial charge in [-0.05, 0) is 37.3 Å². The molecule has 0 atom stereocenters. The maximum Gasteiger partial charge on any atom is 0.340 e. The Morgan fingerprint density at radius 2 is 1.81 bits per heavy atom. The quantitative estimate of drug-likeness (QED) is 0.777. The summed E-state index contributed by atoms with van der Waals surface area (Å²) in [5, 5.41) is 2.61. The molecule has 0 bridgehead atoms. The number of benzene rings is 2. The van der Waals surface area contributed by atoms with Crippen molar-refractivity contribution < 1.29 is 27.5 Å². The van der Waals surface area contributed by atoms with Crippen LogP contribution in [-0.4, -0.2) is 40.3 Å². The van der Waals surface area contributed by atoms with Crippen LogP contribution in [0, 0.1) is 0 Å². The van der Waals surface area contributed by atoms with Gasteiger partial charge in [0.15, 0.2) is 9.84 Å². The molecule has 0 radical (unpaired) electrons. The minimum atomic E-state index is -3.58. The van der Waals surface area contributed by atoms with Crippen molar-refractivity contribution in [2.75, 3.05) is 25.3 Å². The largest absolute Gasteiger partial charge is 0.495 e. The molecule has 8 heteroatoms. The number of carbonyl (C=O) groups excluding carboxylic acids is 2. The van der Waals surface area contributed by atoms with Crippen LogP contribution in [0.3, 0.4) is 0 Å². The van der Waals surface area contributed by atoms with Crippen molar-refractivity contribution in [3.05, 3.63) is 53.6 Å². The first kappa shape index (κ1) is 19.5. The normalized spacial score (nSPS) is 10.9. The van der Waals surface area contributed by atoms with Crippen molar-refractivity contribution in [2.24, 2.45) is 0 Å². The lowest BCUT2D eigenvalue weighted by Gasteiger charge is -2.12. The number of para-hydroxylation sites is 1. The van der Waals surface area contributed by atoms with Crippen LogP contribution in [0.4, 0.5) is 5.69 Å². The number of amides is 1. The predicted molar refractivity (Wildman–Crippen MR) is 96.5 cm³/mol. The lowest BCUT2D eigenvalue weighted by atomic mass is 10.1. The van der Waals surface area contributed by atoms with E-state index in [1.807, 2.05) is 0 Å². The number of hydrogen-bond donors (Lipinski definition) is 1. The third kappa shape index (κ3) is 4.40. The zero-order valence-electron chi connectivity index (χ0n) is 14.6. The fourth-order valence-electron chi connectivity index (χ4n) is 2.28. The third-order valence-electron chi connectivity index (χ3n) is 3.50. The van der Waals surface area contributed by atoms with E-state index < -0.39 is 21.7 Å². The standard InChI is InChI=1S/C18H19NO6S/c1-4-25-18(21)13-7-5-6-8-14(13)19-17(20)12-9-10-15(24-2)16(11-12)26(3,22)23/h5-11H,4H2,1-3H3,(H,19,20). The van der Waals surface area contributed by atoms with E-state index in [1.54, 1.807) is 25.1 Å². The van der Waals surface area contributed by atoms with E-state index in [4.69, 9.17) is 9.47 Å². The van der Waals surface area contributed by atoms with Gasteiger partial charge in [0, 0.05) is 11.8 Å². The van der Waals surface area contributed by atoms with E-state index in [0.29, 0.717) is 0 Å². The van der Waals surface area contributed by atoms with Gasteiger partial charge in [0.2, 0.25) is 0 Å². The summed E-state index contributed by atoms with van der Waals surface area (Å²) in [4.78, 5) is 24.4. The number of esters is 1. The fourth-order valence-corrected chi connectivity index (χ4v) is 3.14. The van der Waals surface area contributed by atoms with Crippen LogP contribution < -0.4 is 10.1 Å². The highest BCUT2D eigenvalue weighted by Crippen LogP contribution is 2.25. The molecule has 0 aromatic heterocycles. The van der Waals surface area contributed by atoms with Gasteiger partial charge in [-0.3, -0.25) is 4.79 Å². The van der Waals surface area contributed by atoms with Crippen molar-refractivity contribution in [3.8, 4) is 5.75 Å². The second kappa shape index (κ2) is 8.01. The zero-order valence-corrected chi connectivity index (χ0v) is 15.4. The van der Waals surface area contributed by atoms with Crippen molar-refractivity contribution >= 4 is 27.4 Å². The molecule has 0 saturated heterocycles. The molecular weight excluding hydrogens is 358 g/mol. The first-order valence-electron chi connectivity index (χ1n) is 7.73. The number of sulfone groups is 1. The van der Waals surface area contributed by atoms with Crippen molar-refractivity contribution in [2.45, 2.75) is 11.8 Å². The second-order valence-corrected chi connectivity index (χ2v) is 7.34. The van der Waals surface area contributed by atoms with Crippen LogP contribution in [0.25, 0.3) is 0 Å². The highest BCUT2D eigenvalue weighted by molar-refractivity contribution is 7.90. The van der Waals surface area contributed by atoms with Crippen LogP contribution >= 0.6 is 0 Å². The topological polar surface area (TPSA) is 98.8 Å². The van der Waals surface area contributed by atoms with Crippen molar-refractivity contribution in [3.63, 3.8) is 0 Å². The number of nitrogens with one attached hydrogen (secondary N) is 1. The van der Waals surface area contributed by atoms with E-state index in [0.717, 1.165) is 6.26 Å². The number of hydrogen-bond acceptors (Lipinski definition) is 6. The Balaban J connectivity index is 2.36. The van der Waals surface area contributed by atoms with Gasteiger partial charge in [-0.1, -0.05) is 12.1 Å². The first-order chi connectivity index (χ1) is 12.3. The Kier molecular flexibility index (Phi) is 5.99. The Bertz CT molecular complexity index is 936. The van der Waals surface area contributed by atoms with E-state index in [2.05, 4.69) is 5.32 Å². The van der Waals surface area contributed by atoms with Gasteiger partial charge in [0.05, 0.1) is 25.0 Å². The molecule has 0 unspecified atom stereocenters. The molecule has 0 aliphatic carbocycles. The summed E-state index contributed by atoms with van der Waals surface area (Å²) in [5.74, 6) is -0.972. The minimum absolute atomic E-state index is 0.0914. The molecule has 0 aliphatic rings. The van der Waals surface area contributed by atoms with E-state index in [1.165, 1.54) is 31.4 Å². The van der Waals surface area contributed by atoms with E-state index >= 15 is 0 Å². The average molecular weight is 377 g/mol. The molecule has 138 valence electrons. The number of ether oxygens (including phenoxy) is 2. The van der Waals surface area contributed by atoms with Crippen molar-refractivity contribution in [1.29, 1.82) is 0 Å². The minimum Gasteiger partial charge on any atom is -0.495 e. The molecule has 0 saturated carbocycles. The monoisotopic (exact) mass is 377 g/mol. The van der Waals surface area contributed by atoms with Crippen molar-refractivity contribution in [1.82, 2.24) is 0 Å². The highest BCUT2D eigenvalue weighted by atomic mass is 32.2. The summed E-state index contributed by atoms with van der Waals surface area (Å²) >= 11 is 0. The predicted octanol–water partition coefficient (Wildman–Crippen LogP) is 2.53. The Morgan fingerprint density at radius 3 is 2.42 bits per heavy atom. The summed E-state index contributed by atoms with van der Waals surface area (Å²) < 4.78 is 33.8. The maximum absolute atomic E-state index is 12.5. The van der Waals surface area contributed by atoms with Crippen LogP contribution in [0.2, 0.25) is 0 Å². The lowest BCUT2D eigenvalue weighted by molar-refractivity contribution is 0.0527. The Labute approximate surface area is 151 Å². The summed E-state index contributed by atoms with van der Waals surface area (Å²) in [6.07, 6.45) is 1.03. The van der Waals surface area contributed by atoms with Gasteiger partial charge in [-0.2, -0.15) is 0 Å². The molecule has 0 heterocycles. The molecule has 0 fully saturated rings.